The van der Waals surface area contributed by atoms with Crippen molar-refractivity contribution in [2.75, 3.05) is 6.61 Å². The van der Waals surface area contributed by atoms with Gasteiger partial charge < -0.3 is 9.64 Å². The number of aldehydes is 1. The Morgan fingerprint density at radius 2 is 2.14 bits per heavy atom. The summed E-state index contributed by atoms with van der Waals surface area (Å²) in [5.74, 6) is -0.568. The quantitative estimate of drug-likeness (QED) is 0.625. The van der Waals surface area contributed by atoms with Crippen LogP contribution in [0.3, 0.4) is 0 Å². The minimum Gasteiger partial charge on any atom is -0.486 e. The zero-order valence-electron chi connectivity index (χ0n) is 11.7. The minimum atomic E-state index is -0.656. The third kappa shape index (κ3) is 2.34. The fourth-order valence-electron chi connectivity index (χ4n) is 2.82. The van der Waals surface area contributed by atoms with Gasteiger partial charge in [0.2, 0.25) is 11.8 Å². The molecule has 3 amide bonds. The van der Waals surface area contributed by atoms with E-state index in [-0.39, 0.29) is 31.4 Å². The Labute approximate surface area is 126 Å². The van der Waals surface area contributed by atoms with E-state index in [1.54, 1.807) is 18.2 Å². The summed E-state index contributed by atoms with van der Waals surface area (Å²) in [6, 6.07) is 4.36. The van der Waals surface area contributed by atoms with Gasteiger partial charge in [-0.25, -0.2) is 0 Å². The van der Waals surface area contributed by atoms with E-state index in [2.05, 4.69) is 5.32 Å². The zero-order chi connectivity index (χ0) is 15.7. The lowest BCUT2D eigenvalue weighted by molar-refractivity contribution is -0.136. The standard InChI is InChI=1S/C15H14N2O5/c18-6-7-22-12-3-1-2-9-10(12)8-17(15(9)21)11-4-5-13(19)16-14(11)20/h1-3,6,11H,4-5,7-8H2,(H,16,19,20). The lowest BCUT2D eigenvalue weighted by Gasteiger charge is -2.29. The molecule has 0 radical (unpaired) electrons. The molecule has 3 rings (SSSR count). The monoisotopic (exact) mass is 302 g/mol. The Balaban J connectivity index is 1.86. The van der Waals surface area contributed by atoms with Crippen LogP contribution in [0.1, 0.15) is 28.8 Å². The van der Waals surface area contributed by atoms with E-state index in [0.29, 0.717) is 29.6 Å². The van der Waals surface area contributed by atoms with Crippen LogP contribution in [-0.2, 0) is 20.9 Å². The highest BCUT2D eigenvalue weighted by molar-refractivity contribution is 6.05. The second-order valence-electron chi connectivity index (χ2n) is 5.16. The lowest BCUT2D eigenvalue weighted by atomic mass is 10.0. The van der Waals surface area contributed by atoms with Gasteiger partial charge in [0, 0.05) is 17.5 Å². The highest BCUT2D eigenvalue weighted by atomic mass is 16.5. The summed E-state index contributed by atoms with van der Waals surface area (Å²) in [6.45, 7) is 0.137. The molecule has 1 unspecified atom stereocenters. The van der Waals surface area contributed by atoms with E-state index in [0.717, 1.165) is 0 Å². The van der Waals surface area contributed by atoms with Crippen LogP contribution in [-0.4, -0.2) is 41.6 Å². The van der Waals surface area contributed by atoms with Crippen molar-refractivity contribution in [1.82, 2.24) is 10.2 Å². The predicted molar refractivity (Wildman–Crippen MR) is 74.0 cm³/mol. The van der Waals surface area contributed by atoms with Crippen LogP contribution in [0.15, 0.2) is 18.2 Å². The first-order chi connectivity index (χ1) is 10.6. The van der Waals surface area contributed by atoms with Crippen LogP contribution >= 0.6 is 0 Å². The molecular weight excluding hydrogens is 288 g/mol. The van der Waals surface area contributed by atoms with Crippen LogP contribution < -0.4 is 10.1 Å². The van der Waals surface area contributed by atoms with Crippen LogP contribution in [0, 0.1) is 0 Å². The van der Waals surface area contributed by atoms with E-state index < -0.39 is 11.9 Å². The Hall–Kier alpha value is -2.70. The van der Waals surface area contributed by atoms with Gasteiger partial charge in [-0.1, -0.05) is 6.07 Å². The molecule has 0 spiro atoms. The van der Waals surface area contributed by atoms with Gasteiger partial charge in [-0.2, -0.15) is 0 Å². The van der Waals surface area contributed by atoms with Crippen molar-refractivity contribution in [1.29, 1.82) is 0 Å². The number of fused-ring (bicyclic) bond motifs is 1. The SMILES string of the molecule is O=CCOc1cccc2c1CN(C1CCC(=O)NC1=O)C2=O. The van der Waals surface area contributed by atoms with Gasteiger partial charge in [0.05, 0.1) is 6.54 Å². The van der Waals surface area contributed by atoms with Gasteiger partial charge in [0.1, 0.15) is 18.4 Å². The number of piperidine rings is 1. The number of carbonyl (C=O) groups excluding carboxylic acids is 4. The number of hydrogen-bond acceptors (Lipinski definition) is 5. The average Bonchev–Trinajstić information content (AvgIpc) is 2.83. The maximum absolute atomic E-state index is 12.5. The molecule has 0 aromatic heterocycles. The fourth-order valence-corrected chi connectivity index (χ4v) is 2.82. The lowest BCUT2D eigenvalue weighted by Crippen LogP contribution is -2.52. The summed E-state index contributed by atoms with van der Waals surface area (Å²) >= 11 is 0. The summed E-state index contributed by atoms with van der Waals surface area (Å²) in [7, 11) is 0. The number of rotatable bonds is 4. The van der Waals surface area contributed by atoms with E-state index in [9.17, 15) is 19.2 Å². The third-order valence-electron chi connectivity index (χ3n) is 3.85. The second kappa shape index (κ2) is 5.59. The van der Waals surface area contributed by atoms with Gasteiger partial charge in [-0.3, -0.25) is 24.5 Å². The largest absolute Gasteiger partial charge is 0.486 e. The molecule has 1 fully saturated rings. The zero-order valence-corrected chi connectivity index (χ0v) is 11.7. The Bertz CT molecular complexity index is 670. The van der Waals surface area contributed by atoms with Gasteiger partial charge in [-0.15, -0.1) is 0 Å². The molecule has 0 aliphatic carbocycles. The fraction of sp³-hybridized carbons (Fsp3) is 0.333. The Morgan fingerprint density at radius 3 is 2.86 bits per heavy atom. The predicted octanol–water partition coefficient (Wildman–Crippen LogP) is 0.0253. The molecule has 1 atom stereocenters. The number of carbonyl (C=O) groups is 4. The smallest absolute Gasteiger partial charge is 0.255 e. The topological polar surface area (TPSA) is 92.8 Å². The van der Waals surface area contributed by atoms with Gasteiger partial charge in [-0.05, 0) is 18.6 Å². The molecule has 7 heteroatoms. The van der Waals surface area contributed by atoms with Crippen LogP contribution in [0.2, 0.25) is 0 Å². The number of benzene rings is 1. The molecular formula is C15H14N2O5. The summed E-state index contributed by atoms with van der Waals surface area (Å²) in [5.41, 5.74) is 1.13. The van der Waals surface area contributed by atoms with E-state index in [1.165, 1.54) is 4.90 Å². The third-order valence-corrected chi connectivity index (χ3v) is 3.85. The van der Waals surface area contributed by atoms with E-state index in [1.807, 2.05) is 0 Å². The molecule has 1 aromatic rings. The normalized spacial score (nSPS) is 20.6. The minimum absolute atomic E-state index is 0.0942. The number of nitrogens with one attached hydrogen (secondary N) is 1. The Morgan fingerprint density at radius 1 is 1.32 bits per heavy atom. The van der Waals surface area contributed by atoms with Crippen molar-refractivity contribution in [3.05, 3.63) is 29.3 Å². The molecule has 0 saturated carbocycles. The van der Waals surface area contributed by atoms with Crippen LogP contribution in [0.25, 0.3) is 0 Å². The van der Waals surface area contributed by atoms with Crippen molar-refractivity contribution >= 4 is 24.0 Å². The van der Waals surface area contributed by atoms with Crippen molar-refractivity contribution in [3.8, 4) is 5.75 Å². The number of imide groups is 1. The highest BCUT2D eigenvalue weighted by Gasteiger charge is 2.40. The summed E-state index contributed by atoms with van der Waals surface area (Å²) < 4.78 is 5.32. The molecule has 1 N–H and O–H groups in total. The van der Waals surface area contributed by atoms with Crippen molar-refractivity contribution in [2.24, 2.45) is 0 Å². The number of nitrogens with zero attached hydrogens (tertiary/aromatic N) is 1. The van der Waals surface area contributed by atoms with Gasteiger partial charge in [0.15, 0.2) is 6.29 Å². The second-order valence-corrected chi connectivity index (χ2v) is 5.16. The van der Waals surface area contributed by atoms with Crippen molar-refractivity contribution in [3.63, 3.8) is 0 Å². The van der Waals surface area contributed by atoms with Crippen molar-refractivity contribution < 1.29 is 23.9 Å². The molecule has 2 aliphatic rings. The first kappa shape index (κ1) is 14.2. The first-order valence-electron chi connectivity index (χ1n) is 6.95. The van der Waals surface area contributed by atoms with E-state index >= 15 is 0 Å². The Kier molecular flexibility index (Phi) is 3.62. The molecule has 1 aromatic carbocycles. The molecule has 2 heterocycles. The van der Waals surface area contributed by atoms with Crippen LogP contribution in [0.4, 0.5) is 0 Å². The summed E-state index contributed by atoms with van der Waals surface area (Å²) in [6.07, 6.45) is 1.16. The highest BCUT2D eigenvalue weighted by Crippen LogP contribution is 2.33. The van der Waals surface area contributed by atoms with Crippen molar-refractivity contribution in [2.45, 2.75) is 25.4 Å². The number of ether oxygens (including phenoxy) is 1. The molecule has 7 nitrogen and oxygen atoms in total. The summed E-state index contributed by atoms with van der Waals surface area (Å²) in [5, 5.41) is 2.25. The molecule has 1 saturated heterocycles. The number of hydrogen-bond donors (Lipinski definition) is 1. The van der Waals surface area contributed by atoms with Crippen LogP contribution in [0.5, 0.6) is 5.75 Å². The van der Waals surface area contributed by atoms with E-state index in [4.69, 9.17) is 4.74 Å². The molecule has 2 aliphatic heterocycles. The molecule has 22 heavy (non-hydrogen) atoms. The summed E-state index contributed by atoms with van der Waals surface area (Å²) in [4.78, 5) is 47.5. The van der Waals surface area contributed by atoms with Gasteiger partial charge in [0.25, 0.3) is 5.91 Å². The maximum atomic E-state index is 12.5. The molecule has 114 valence electrons. The number of amides is 3. The molecule has 0 bridgehead atoms. The average molecular weight is 302 g/mol. The first-order valence-corrected chi connectivity index (χ1v) is 6.95. The maximum Gasteiger partial charge on any atom is 0.255 e. The van der Waals surface area contributed by atoms with Gasteiger partial charge >= 0.3 is 0 Å².